The van der Waals surface area contributed by atoms with Gasteiger partial charge in [0.25, 0.3) is 0 Å². The number of esters is 1. The van der Waals surface area contributed by atoms with E-state index in [9.17, 15) is 4.79 Å². The van der Waals surface area contributed by atoms with Gasteiger partial charge in [0.15, 0.2) is 0 Å². The fourth-order valence-corrected chi connectivity index (χ4v) is 5.13. The van der Waals surface area contributed by atoms with Crippen LogP contribution in [0.15, 0.2) is 54.6 Å². The van der Waals surface area contributed by atoms with Crippen LogP contribution in [0, 0.1) is 0 Å². The van der Waals surface area contributed by atoms with Gasteiger partial charge in [-0.25, -0.2) is 0 Å². The second-order valence-electron chi connectivity index (χ2n) is 5.85. The molecule has 0 spiro atoms. The van der Waals surface area contributed by atoms with Gasteiger partial charge in [0.1, 0.15) is 0 Å². The normalized spacial score (nSPS) is 14.3. The van der Waals surface area contributed by atoms with Crippen molar-refractivity contribution in [3.63, 3.8) is 0 Å². The molecule has 0 saturated heterocycles. The Morgan fingerprint density at radius 1 is 1.04 bits per heavy atom. The van der Waals surface area contributed by atoms with Crippen LogP contribution in [0.5, 0.6) is 5.75 Å². The van der Waals surface area contributed by atoms with Crippen molar-refractivity contribution >= 4 is 25.4 Å². The van der Waals surface area contributed by atoms with Crippen LogP contribution in [0.3, 0.4) is 0 Å². The number of ether oxygens (including phenoxy) is 3. The minimum absolute atomic E-state index is 0.0201. The number of methoxy groups -OCH3 is 1. The Morgan fingerprint density at radius 2 is 1.69 bits per heavy atom. The summed E-state index contributed by atoms with van der Waals surface area (Å²) in [6.45, 7) is 6.04. The summed E-state index contributed by atoms with van der Waals surface area (Å²) in [6.07, 6.45) is -0.610. The van der Waals surface area contributed by atoms with Gasteiger partial charge in [0.2, 0.25) is 0 Å². The molecule has 0 aliphatic heterocycles. The van der Waals surface area contributed by atoms with Crippen molar-refractivity contribution in [1.82, 2.24) is 0 Å². The Morgan fingerprint density at radius 3 is 2.35 bits per heavy atom. The molecule has 0 N–H and O–H groups in total. The van der Waals surface area contributed by atoms with Gasteiger partial charge in [-0.15, -0.1) is 0 Å². The topological polar surface area (TPSA) is 44.8 Å². The monoisotopic (exact) mass is 422 g/mol. The van der Waals surface area contributed by atoms with Crippen molar-refractivity contribution in [2.24, 2.45) is 0 Å². The van der Waals surface area contributed by atoms with E-state index in [1.54, 1.807) is 21.0 Å². The van der Waals surface area contributed by atoms with Crippen LogP contribution in [-0.4, -0.2) is 40.7 Å². The summed E-state index contributed by atoms with van der Waals surface area (Å²) in [5, 5.41) is 0. The second kappa shape index (κ2) is 10.4. The zero-order chi connectivity index (χ0) is 18.9. The molecule has 3 atom stereocenters. The molecule has 0 radical (unpaired) electrons. The van der Waals surface area contributed by atoms with Crippen LogP contribution >= 0.6 is 0 Å². The summed E-state index contributed by atoms with van der Waals surface area (Å²) in [7, 11) is 1.75. The van der Waals surface area contributed by atoms with E-state index >= 15 is 0 Å². The first-order chi connectivity index (χ1) is 12.6. The van der Waals surface area contributed by atoms with Crippen LogP contribution in [0.4, 0.5) is 0 Å². The summed E-state index contributed by atoms with van der Waals surface area (Å²) in [5.41, 5.74) is 1.17. The van der Waals surface area contributed by atoms with Gasteiger partial charge in [-0.2, -0.15) is 0 Å². The summed E-state index contributed by atoms with van der Waals surface area (Å²) >= 11 is 0.113. The maximum atomic E-state index is 11.9. The Bertz CT molecular complexity index is 689. The van der Waals surface area contributed by atoms with E-state index < -0.39 is 6.10 Å². The molecule has 2 aromatic carbocycles. The van der Waals surface area contributed by atoms with Crippen LogP contribution in [0.1, 0.15) is 32.4 Å². The molecule has 0 fully saturated rings. The van der Waals surface area contributed by atoms with Gasteiger partial charge < -0.3 is 0 Å². The number of hydrogen-bond acceptors (Lipinski definition) is 4. The molecule has 0 aromatic heterocycles. The van der Waals surface area contributed by atoms with Crippen LogP contribution in [0.2, 0.25) is 4.82 Å². The fourth-order valence-electron chi connectivity index (χ4n) is 2.65. The third kappa shape index (κ3) is 5.60. The van der Waals surface area contributed by atoms with Gasteiger partial charge >= 0.3 is 162 Å². The number of benzene rings is 2. The maximum absolute atomic E-state index is 11.9. The van der Waals surface area contributed by atoms with Crippen molar-refractivity contribution in [3.8, 4) is 5.75 Å². The molecule has 0 aliphatic carbocycles. The Balaban J connectivity index is 2.12. The minimum atomic E-state index is -0.630. The number of rotatable bonds is 9. The summed E-state index contributed by atoms with van der Waals surface area (Å²) in [4.78, 5) is 12.2. The predicted octanol–water partition coefficient (Wildman–Crippen LogP) is 3.54. The molecule has 0 amide bonds. The summed E-state index contributed by atoms with van der Waals surface area (Å²) in [5.74, 6) is 0.393. The van der Waals surface area contributed by atoms with E-state index in [4.69, 9.17) is 14.2 Å². The molecule has 0 unspecified atom stereocenters. The second-order valence-corrected chi connectivity index (χ2v) is 8.83. The predicted molar refractivity (Wildman–Crippen MR) is 104 cm³/mol. The summed E-state index contributed by atoms with van der Waals surface area (Å²) < 4.78 is 17.8. The third-order valence-electron chi connectivity index (χ3n) is 3.89. The average molecular weight is 421 g/mol. The van der Waals surface area contributed by atoms with Crippen molar-refractivity contribution in [2.75, 3.05) is 13.7 Å². The standard InChI is InChI=1S/C21H26O4Se/c1-5-24-21(22)15(2)25-18-13-9-10-14-19(18)26-16(3)20(23-4)17-11-7-6-8-12-17/h6-16,20H,5H2,1-4H3/t15-,16+,20+/m1/s1. The van der Waals surface area contributed by atoms with Crippen LogP contribution < -0.4 is 9.20 Å². The van der Waals surface area contributed by atoms with Gasteiger partial charge in [0.05, 0.1) is 0 Å². The molecule has 2 rings (SSSR count). The quantitative estimate of drug-likeness (QED) is 0.459. The number of para-hydroxylation sites is 1. The molecule has 0 saturated carbocycles. The first-order valence-electron chi connectivity index (χ1n) is 8.73. The van der Waals surface area contributed by atoms with E-state index in [0.29, 0.717) is 11.4 Å². The first kappa shape index (κ1) is 20.5. The molecular weight excluding hydrogens is 395 g/mol. The Labute approximate surface area is 162 Å². The summed E-state index contributed by atoms with van der Waals surface area (Å²) in [6, 6.07) is 18.1. The Kier molecular flexibility index (Phi) is 8.17. The fraction of sp³-hybridized carbons (Fsp3) is 0.381. The number of carbonyl (C=O) groups excluding carboxylic acids is 1. The number of carbonyl (C=O) groups is 1. The van der Waals surface area contributed by atoms with Crippen molar-refractivity contribution in [2.45, 2.75) is 37.8 Å². The van der Waals surface area contributed by atoms with E-state index in [0.717, 1.165) is 10.2 Å². The molecule has 0 bridgehead atoms. The molecule has 0 aliphatic rings. The van der Waals surface area contributed by atoms with E-state index in [1.165, 1.54) is 5.56 Å². The van der Waals surface area contributed by atoms with Crippen molar-refractivity contribution in [1.29, 1.82) is 0 Å². The Hall–Kier alpha value is -1.81. The average Bonchev–Trinajstić information content (AvgIpc) is 2.65. The molecule has 5 heteroatoms. The zero-order valence-electron chi connectivity index (χ0n) is 15.7. The van der Waals surface area contributed by atoms with Gasteiger partial charge in [-0.05, 0) is 0 Å². The number of hydrogen-bond donors (Lipinski definition) is 0. The third-order valence-corrected chi connectivity index (χ3v) is 6.43. The molecule has 26 heavy (non-hydrogen) atoms. The first-order valence-corrected chi connectivity index (χ1v) is 10.6. The molecule has 140 valence electrons. The van der Waals surface area contributed by atoms with Crippen LogP contribution in [-0.2, 0) is 14.3 Å². The molecule has 4 nitrogen and oxygen atoms in total. The molecule has 2 aromatic rings. The van der Waals surface area contributed by atoms with Crippen molar-refractivity contribution in [3.05, 3.63) is 60.2 Å². The molecule has 0 heterocycles. The molecular formula is C21H26O4Se. The zero-order valence-corrected chi connectivity index (χ0v) is 17.4. The van der Waals surface area contributed by atoms with Gasteiger partial charge in [-0.1, -0.05) is 0 Å². The van der Waals surface area contributed by atoms with Crippen molar-refractivity contribution < 1.29 is 19.0 Å². The van der Waals surface area contributed by atoms with E-state index in [2.05, 4.69) is 25.1 Å². The SMILES string of the molecule is CCOC(=O)[C@@H](C)Oc1ccccc1[Se][C@@H](C)[C@H](OC)c1ccccc1. The van der Waals surface area contributed by atoms with Gasteiger partial charge in [0, 0.05) is 0 Å². The van der Waals surface area contributed by atoms with Crippen LogP contribution in [0.25, 0.3) is 0 Å². The van der Waals surface area contributed by atoms with Gasteiger partial charge in [-0.3, -0.25) is 0 Å². The van der Waals surface area contributed by atoms with E-state index in [-0.39, 0.29) is 27.0 Å². The van der Waals surface area contributed by atoms with E-state index in [1.807, 2.05) is 36.4 Å².